The van der Waals surface area contributed by atoms with E-state index in [1.54, 1.807) is 6.92 Å². The monoisotopic (exact) mass is 309 g/mol. The topological polar surface area (TPSA) is 111 Å². The number of aliphatic carboxylic acids is 1. The van der Waals surface area contributed by atoms with Gasteiger partial charge < -0.3 is 5.11 Å². The van der Waals surface area contributed by atoms with Crippen LogP contribution in [0.5, 0.6) is 0 Å². The van der Waals surface area contributed by atoms with Crippen molar-refractivity contribution in [3.8, 4) is 6.07 Å². The van der Waals surface area contributed by atoms with E-state index < -0.39 is 21.4 Å². The zero-order valence-corrected chi connectivity index (χ0v) is 12.3. The van der Waals surface area contributed by atoms with Gasteiger partial charge in [0.1, 0.15) is 16.7 Å². The second-order valence-corrected chi connectivity index (χ2v) is 7.20. The van der Waals surface area contributed by atoms with Gasteiger partial charge in [-0.3, -0.25) is 4.79 Å². The number of pyridine rings is 1. The van der Waals surface area contributed by atoms with E-state index in [1.165, 1.54) is 16.4 Å². The number of carbonyl (C=O) groups is 1. The fraction of sp³-hybridized carbons (Fsp3) is 0.462. The highest BCUT2D eigenvalue weighted by Crippen LogP contribution is 2.33. The van der Waals surface area contributed by atoms with Crippen LogP contribution in [0.15, 0.2) is 23.2 Å². The maximum absolute atomic E-state index is 12.4. The summed E-state index contributed by atoms with van der Waals surface area (Å²) >= 11 is 0. The van der Waals surface area contributed by atoms with E-state index >= 15 is 0 Å². The maximum Gasteiger partial charge on any atom is 0.309 e. The SMILES string of the molecule is CC1(C(=O)O)CCN(S(=O)(=O)c2ccc(C#N)nc2)CC1. The highest BCUT2D eigenvalue weighted by molar-refractivity contribution is 7.89. The van der Waals surface area contributed by atoms with Gasteiger partial charge in [0.2, 0.25) is 10.0 Å². The van der Waals surface area contributed by atoms with Crippen LogP contribution >= 0.6 is 0 Å². The summed E-state index contributed by atoms with van der Waals surface area (Å²) in [5.74, 6) is -0.903. The van der Waals surface area contributed by atoms with Crippen molar-refractivity contribution in [3.05, 3.63) is 24.0 Å². The Hall–Kier alpha value is -1.98. The summed E-state index contributed by atoms with van der Waals surface area (Å²) in [5, 5.41) is 17.8. The van der Waals surface area contributed by atoms with Crippen molar-refractivity contribution in [2.45, 2.75) is 24.7 Å². The number of hydrogen-bond acceptors (Lipinski definition) is 5. The second kappa shape index (κ2) is 5.42. The molecule has 0 radical (unpaired) electrons. The number of nitrogens with zero attached hydrogens (tertiary/aromatic N) is 3. The third kappa shape index (κ3) is 2.89. The Labute approximate surface area is 122 Å². The average Bonchev–Trinajstić information content (AvgIpc) is 2.47. The van der Waals surface area contributed by atoms with Gasteiger partial charge in [0.05, 0.1) is 5.41 Å². The van der Waals surface area contributed by atoms with Gasteiger partial charge in [0.15, 0.2) is 0 Å². The first kappa shape index (κ1) is 15.4. The molecule has 1 aliphatic heterocycles. The van der Waals surface area contributed by atoms with Gasteiger partial charge in [-0.2, -0.15) is 9.57 Å². The Morgan fingerprint density at radius 2 is 2.05 bits per heavy atom. The van der Waals surface area contributed by atoms with Crippen LogP contribution in [-0.2, 0) is 14.8 Å². The Morgan fingerprint density at radius 3 is 2.48 bits per heavy atom. The molecular weight excluding hydrogens is 294 g/mol. The summed E-state index contributed by atoms with van der Waals surface area (Å²) in [4.78, 5) is 14.9. The molecule has 0 amide bonds. The van der Waals surface area contributed by atoms with Crippen molar-refractivity contribution in [2.24, 2.45) is 5.41 Å². The Bertz CT molecular complexity index is 683. The molecule has 8 heteroatoms. The number of carboxylic acid groups (broad SMARTS) is 1. The largest absolute Gasteiger partial charge is 0.481 e. The number of rotatable bonds is 3. The molecule has 1 aliphatic rings. The van der Waals surface area contributed by atoms with Gasteiger partial charge in [-0.25, -0.2) is 13.4 Å². The molecule has 0 spiro atoms. The van der Waals surface area contributed by atoms with Gasteiger partial charge >= 0.3 is 5.97 Å². The molecule has 0 saturated carbocycles. The molecule has 7 nitrogen and oxygen atoms in total. The standard InChI is InChI=1S/C13H15N3O4S/c1-13(12(17)18)4-6-16(7-5-13)21(19,20)11-3-2-10(8-14)15-9-11/h2-3,9H,4-7H2,1H3,(H,17,18). The van der Waals surface area contributed by atoms with Crippen LogP contribution < -0.4 is 0 Å². The number of hydrogen-bond donors (Lipinski definition) is 1. The normalized spacial score (nSPS) is 18.9. The number of sulfonamides is 1. The van der Waals surface area contributed by atoms with E-state index in [4.69, 9.17) is 10.4 Å². The van der Waals surface area contributed by atoms with Crippen molar-refractivity contribution in [3.63, 3.8) is 0 Å². The van der Waals surface area contributed by atoms with Crippen LogP contribution in [0.1, 0.15) is 25.5 Å². The number of aromatic nitrogens is 1. The van der Waals surface area contributed by atoms with E-state index in [1.807, 2.05) is 6.07 Å². The fourth-order valence-corrected chi connectivity index (χ4v) is 3.57. The van der Waals surface area contributed by atoms with E-state index in [0.717, 1.165) is 6.20 Å². The minimum atomic E-state index is -3.69. The molecular formula is C13H15N3O4S. The summed E-state index contributed by atoms with van der Waals surface area (Å²) < 4.78 is 26.1. The van der Waals surface area contributed by atoms with Crippen LogP contribution in [0.25, 0.3) is 0 Å². The molecule has 0 unspecified atom stereocenters. The zero-order valence-electron chi connectivity index (χ0n) is 11.5. The molecule has 0 bridgehead atoms. The van der Waals surface area contributed by atoms with Crippen LogP contribution in [-0.4, -0.2) is 41.9 Å². The molecule has 112 valence electrons. The summed E-state index contributed by atoms with van der Waals surface area (Å²) in [6, 6.07) is 4.51. The first-order valence-electron chi connectivity index (χ1n) is 6.39. The third-order valence-corrected chi connectivity index (χ3v) is 5.71. The van der Waals surface area contributed by atoms with Crippen LogP contribution in [0.2, 0.25) is 0 Å². The van der Waals surface area contributed by atoms with Crippen LogP contribution in [0.4, 0.5) is 0 Å². The van der Waals surface area contributed by atoms with Gasteiger partial charge in [0, 0.05) is 19.3 Å². The highest BCUT2D eigenvalue weighted by Gasteiger charge is 2.40. The molecule has 1 fully saturated rings. The van der Waals surface area contributed by atoms with Gasteiger partial charge in [0.25, 0.3) is 0 Å². The molecule has 2 heterocycles. The summed E-state index contributed by atoms with van der Waals surface area (Å²) in [6.45, 7) is 1.94. The van der Waals surface area contributed by atoms with E-state index in [0.29, 0.717) is 0 Å². The molecule has 1 saturated heterocycles. The van der Waals surface area contributed by atoms with Gasteiger partial charge in [-0.15, -0.1) is 0 Å². The highest BCUT2D eigenvalue weighted by atomic mass is 32.2. The smallest absolute Gasteiger partial charge is 0.309 e. The number of carboxylic acids is 1. The molecule has 1 N–H and O–H groups in total. The molecule has 2 rings (SSSR count). The van der Waals surface area contributed by atoms with Crippen molar-refractivity contribution < 1.29 is 18.3 Å². The third-order valence-electron chi connectivity index (χ3n) is 3.83. The fourth-order valence-electron chi connectivity index (χ4n) is 2.18. The number of nitriles is 1. The Morgan fingerprint density at radius 1 is 1.43 bits per heavy atom. The average molecular weight is 309 g/mol. The van der Waals surface area contributed by atoms with Crippen LogP contribution in [0.3, 0.4) is 0 Å². The lowest BCUT2D eigenvalue weighted by Gasteiger charge is -2.35. The predicted molar refractivity (Wildman–Crippen MR) is 72.7 cm³/mol. The van der Waals surface area contributed by atoms with Crippen molar-refractivity contribution in [1.82, 2.24) is 9.29 Å². The molecule has 21 heavy (non-hydrogen) atoms. The molecule has 1 aromatic rings. The Kier molecular flexibility index (Phi) is 3.98. The molecule has 0 aromatic carbocycles. The summed E-state index contributed by atoms with van der Waals surface area (Å²) in [6.07, 6.45) is 1.69. The Balaban J connectivity index is 2.18. The molecule has 1 aromatic heterocycles. The predicted octanol–water partition coefficient (Wildman–Crippen LogP) is 0.829. The first-order valence-corrected chi connectivity index (χ1v) is 7.83. The van der Waals surface area contributed by atoms with E-state index in [2.05, 4.69) is 4.98 Å². The lowest BCUT2D eigenvalue weighted by molar-refractivity contribution is -0.150. The lowest BCUT2D eigenvalue weighted by Crippen LogP contribution is -2.45. The van der Waals surface area contributed by atoms with Gasteiger partial charge in [-0.1, -0.05) is 0 Å². The van der Waals surface area contributed by atoms with E-state index in [-0.39, 0.29) is 36.5 Å². The maximum atomic E-state index is 12.4. The van der Waals surface area contributed by atoms with Crippen LogP contribution in [0, 0.1) is 16.7 Å². The van der Waals surface area contributed by atoms with Crippen molar-refractivity contribution in [1.29, 1.82) is 5.26 Å². The lowest BCUT2D eigenvalue weighted by atomic mass is 9.81. The number of piperidine rings is 1. The van der Waals surface area contributed by atoms with E-state index in [9.17, 15) is 13.2 Å². The summed E-state index contributed by atoms with van der Waals surface area (Å²) in [7, 11) is -3.69. The van der Waals surface area contributed by atoms with Crippen molar-refractivity contribution in [2.75, 3.05) is 13.1 Å². The molecule has 0 atom stereocenters. The first-order chi connectivity index (χ1) is 9.79. The quantitative estimate of drug-likeness (QED) is 0.885. The van der Waals surface area contributed by atoms with Gasteiger partial charge in [-0.05, 0) is 31.9 Å². The second-order valence-electron chi connectivity index (χ2n) is 5.26. The minimum Gasteiger partial charge on any atom is -0.481 e. The summed E-state index contributed by atoms with van der Waals surface area (Å²) in [5.41, 5.74) is -0.736. The zero-order chi connectivity index (χ0) is 15.7. The minimum absolute atomic E-state index is 0.0143. The van der Waals surface area contributed by atoms with Crippen molar-refractivity contribution >= 4 is 16.0 Å². The molecule has 0 aliphatic carbocycles.